The van der Waals surface area contributed by atoms with Crippen LogP contribution < -0.4 is 5.73 Å². The number of carbonyl (C=O) groups is 1. The minimum Gasteiger partial charge on any atom is -0.343 e. The molecule has 1 amide bonds. The molecule has 1 fully saturated rings. The molecule has 1 aliphatic rings. The average molecular weight is 266 g/mol. The van der Waals surface area contributed by atoms with Crippen LogP contribution in [-0.2, 0) is 17.9 Å². The van der Waals surface area contributed by atoms with Crippen molar-refractivity contribution in [2.75, 3.05) is 33.2 Å². The summed E-state index contributed by atoms with van der Waals surface area (Å²) in [7, 11) is 1.83. The Morgan fingerprint density at radius 3 is 2.84 bits per heavy atom. The first kappa shape index (κ1) is 14.0. The quantitative estimate of drug-likeness (QED) is 0.736. The number of hydrogen-bond acceptors (Lipinski definition) is 5. The molecule has 7 nitrogen and oxygen atoms in total. The van der Waals surface area contributed by atoms with Crippen LogP contribution >= 0.6 is 0 Å². The summed E-state index contributed by atoms with van der Waals surface area (Å²) in [6.45, 7) is 4.60. The monoisotopic (exact) mass is 266 g/mol. The number of rotatable bonds is 6. The smallest absolute Gasteiger partial charge is 0.244 e. The summed E-state index contributed by atoms with van der Waals surface area (Å²) in [5.74, 6) is 0.0488. The van der Waals surface area contributed by atoms with Crippen molar-refractivity contribution < 1.29 is 4.79 Å². The van der Waals surface area contributed by atoms with E-state index >= 15 is 0 Å². The van der Waals surface area contributed by atoms with Gasteiger partial charge in [-0.05, 0) is 25.9 Å². The van der Waals surface area contributed by atoms with Gasteiger partial charge in [-0.1, -0.05) is 5.21 Å². The highest BCUT2D eigenvalue weighted by Gasteiger charge is 2.15. The molecule has 0 spiro atoms. The van der Waals surface area contributed by atoms with Gasteiger partial charge in [-0.15, -0.1) is 5.10 Å². The zero-order valence-electron chi connectivity index (χ0n) is 11.5. The van der Waals surface area contributed by atoms with E-state index in [1.54, 1.807) is 11.1 Å². The average Bonchev–Trinajstić information content (AvgIpc) is 3.06. The molecule has 2 N–H and O–H groups in total. The maximum Gasteiger partial charge on any atom is 0.244 e. The van der Waals surface area contributed by atoms with Gasteiger partial charge in [0.15, 0.2) is 0 Å². The number of aromatic nitrogens is 3. The van der Waals surface area contributed by atoms with Crippen LogP contribution in [0.1, 0.15) is 18.5 Å². The molecular weight excluding hydrogens is 244 g/mol. The molecule has 1 aromatic heterocycles. The van der Waals surface area contributed by atoms with Crippen molar-refractivity contribution in [3.05, 3.63) is 11.9 Å². The lowest BCUT2D eigenvalue weighted by atomic mass is 10.4. The molecule has 0 aromatic carbocycles. The van der Waals surface area contributed by atoms with Crippen molar-refractivity contribution >= 4 is 5.91 Å². The van der Waals surface area contributed by atoms with Gasteiger partial charge in [0.25, 0.3) is 0 Å². The Hall–Kier alpha value is -1.47. The Kier molecular flexibility index (Phi) is 4.86. The fourth-order valence-corrected chi connectivity index (χ4v) is 2.19. The Bertz CT molecular complexity index is 412. The summed E-state index contributed by atoms with van der Waals surface area (Å²) >= 11 is 0. The van der Waals surface area contributed by atoms with Crippen LogP contribution in [0.2, 0.25) is 0 Å². The molecule has 2 rings (SSSR count). The van der Waals surface area contributed by atoms with Crippen LogP contribution in [0.15, 0.2) is 6.20 Å². The van der Waals surface area contributed by atoms with E-state index in [2.05, 4.69) is 15.2 Å². The van der Waals surface area contributed by atoms with E-state index in [1.807, 2.05) is 7.05 Å². The van der Waals surface area contributed by atoms with Gasteiger partial charge in [-0.2, -0.15) is 0 Å². The van der Waals surface area contributed by atoms with Crippen LogP contribution in [0.25, 0.3) is 0 Å². The van der Waals surface area contributed by atoms with E-state index in [0.717, 1.165) is 26.2 Å². The highest BCUT2D eigenvalue weighted by atomic mass is 16.2. The van der Waals surface area contributed by atoms with E-state index in [9.17, 15) is 4.79 Å². The summed E-state index contributed by atoms with van der Waals surface area (Å²) in [6.07, 6.45) is 4.27. The second-order valence-electron chi connectivity index (χ2n) is 4.98. The van der Waals surface area contributed by atoms with Gasteiger partial charge >= 0.3 is 0 Å². The van der Waals surface area contributed by atoms with Crippen LogP contribution in [0.4, 0.5) is 0 Å². The van der Waals surface area contributed by atoms with Gasteiger partial charge in [0, 0.05) is 26.7 Å². The third-order valence-electron chi connectivity index (χ3n) is 3.47. The number of likely N-dealkylation sites (tertiary alicyclic amines) is 1. The molecule has 0 aliphatic carbocycles. The summed E-state index contributed by atoms with van der Waals surface area (Å²) in [4.78, 5) is 16.1. The van der Waals surface area contributed by atoms with Gasteiger partial charge in [-0.25, -0.2) is 4.68 Å². The molecule has 1 aromatic rings. The molecule has 0 radical (unpaired) electrons. The molecule has 0 saturated carbocycles. The highest BCUT2D eigenvalue weighted by molar-refractivity contribution is 5.75. The largest absolute Gasteiger partial charge is 0.343 e. The number of nitrogens with zero attached hydrogens (tertiary/aromatic N) is 5. The molecule has 19 heavy (non-hydrogen) atoms. The van der Waals surface area contributed by atoms with Crippen LogP contribution in [-0.4, -0.2) is 63.9 Å². The van der Waals surface area contributed by atoms with Crippen LogP contribution in [0.5, 0.6) is 0 Å². The topological polar surface area (TPSA) is 80.3 Å². The second-order valence-corrected chi connectivity index (χ2v) is 4.98. The van der Waals surface area contributed by atoms with E-state index in [-0.39, 0.29) is 12.5 Å². The molecule has 1 saturated heterocycles. The van der Waals surface area contributed by atoms with Crippen LogP contribution in [0, 0.1) is 0 Å². The molecule has 1 aliphatic heterocycles. The number of likely N-dealkylation sites (N-methyl/N-ethyl adjacent to an activating group) is 1. The lowest BCUT2D eigenvalue weighted by molar-refractivity contribution is -0.130. The Balaban J connectivity index is 1.74. The first-order valence-electron chi connectivity index (χ1n) is 6.74. The van der Waals surface area contributed by atoms with Gasteiger partial charge in [0.1, 0.15) is 6.54 Å². The molecular formula is C12H22N6O. The zero-order valence-corrected chi connectivity index (χ0v) is 11.5. The highest BCUT2D eigenvalue weighted by Crippen LogP contribution is 2.06. The predicted molar refractivity (Wildman–Crippen MR) is 71.2 cm³/mol. The van der Waals surface area contributed by atoms with Crippen molar-refractivity contribution in [3.63, 3.8) is 0 Å². The Morgan fingerprint density at radius 2 is 2.21 bits per heavy atom. The lowest BCUT2D eigenvalue weighted by Crippen LogP contribution is -2.37. The summed E-state index contributed by atoms with van der Waals surface area (Å²) in [5, 5.41) is 7.74. The molecule has 7 heteroatoms. The summed E-state index contributed by atoms with van der Waals surface area (Å²) in [5.41, 5.74) is 6.16. The first-order valence-corrected chi connectivity index (χ1v) is 6.74. The molecule has 0 atom stereocenters. The molecule has 0 bridgehead atoms. The Labute approximate surface area is 113 Å². The van der Waals surface area contributed by atoms with E-state index < -0.39 is 0 Å². The fraction of sp³-hybridized carbons (Fsp3) is 0.750. The second kappa shape index (κ2) is 6.63. The van der Waals surface area contributed by atoms with E-state index in [0.29, 0.717) is 12.2 Å². The minimum absolute atomic E-state index is 0.0488. The number of nitrogens with two attached hydrogens (primary N) is 1. The number of hydrogen-bond donors (Lipinski definition) is 1. The van der Waals surface area contributed by atoms with Crippen LogP contribution in [0.3, 0.4) is 0 Å². The van der Waals surface area contributed by atoms with Gasteiger partial charge < -0.3 is 15.5 Å². The van der Waals surface area contributed by atoms with E-state index in [4.69, 9.17) is 5.73 Å². The SMILES string of the molecule is CN(CCN1CCCC1)C(=O)Cn1cc(CN)nn1. The third-order valence-corrected chi connectivity index (χ3v) is 3.47. The number of carbonyl (C=O) groups excluding carboxylic acids is 1. The summed E-state index contributed by atoms with van der Waals surface area (Å²) in [6, 6.07) is 0. The summed E-state index contributed by atoms with van der Waals surface area (Å²) < 4.78 is 1.54. The Morgan fingerprint density at radius 1 is 1.47 bits per heavy atom. The number of amides is 1. The van der Waals surface area contributed by atoms with Crippen molar-refractivity contribution in [3.8, 4) is 0 Å². The van der Waals surface area contributed by atoms with Crippen molar-refractivity contribution in [1.82, 2.24) is 24.8 Å². The van der Waals surface area contributed by atoms with Gasteiger partial charge in [0.05, 0.1) is 11.9 Å². The maximum atomic E-state index is 12.0. The minimum atomic E-state index is 0.0488. The normalized spacial score (nSPS) is 15.9. The maximum absolute atomic E-state index is 12.0. The lowest BCUT2D eigenvalue weighted by Gasteiger charge is -2.21. The molecule has 2 heterocycles. The first-order chi connectivity index (χ1) is 9.19. The van der Waals surface area contributed by atoms with Gasteiger partial charge in [-0.3, -0.25) is 4.79 Å². The van der Waals surface area contributed by atoms with Crippen molar-refractivity contribution in [2.45, 2.75) is 25.9 Å². The zero-order chi connectivity index (χ0) is 13.7. The fourth-order valence-electron chi connectivity index (χ4n) is 2.19. The molecule has 0 unspecified atom stereocenters. The van der Waals surface area contributed by atoms with Gasteiger partial charge in [0.2, 0.25) is 5.91 Å². The molecule has 106 valence electrons. The standard InChI is InChI=1S/C12H22N6O/c1-16(6-7-17-4-2-3-5-17)12(19)10-18-9-11(8-13)14-15-18/h9H,2-8,10,13H2,1H3. The van der Waals surface area contributed by atoms with E-state index in [1.165, 1.54) is 17.5 Å². The predicted octanol–water partition coefficient (Wildman–Crippen LogP) is -0.709. The van der Waals surface area contributed by atoms with Crippen molar-refractivity contribution in [1.29, 1.82) is 0 Å². The van der Waals surface area contributed by atoms with Crippen molar-refractivity contribution in [2.24, 2.45) is 5.73 Å². The third kappa shape index (κ3) is 4.00.